The molecule has 0 bridgehead atoms. The Morgan fingerprint density at radius 3 is 2.50 bits per heavy atom. The summed E-state index contributed by atoms with van der Waals surface area (Å²) in [6.45, 7) is 0.250. The molecule has 0 spiro atoms. The SMILES string of the molecule is O=C1N/C(=C\Cl)C(=O)N1Cc1ccccc1. The van der Waals surface area contributed by atoms with Gasteiger partial charge in [0, 0.05) is 5.54 Å². The zero-order valence-corrected chi connectivity index (χ0v) is 9.07. The second-order valence-corrected chi connectivity index (χ2v) is 3.55. The zero-order chi connectivity index (χ0) is 11.5. The number of nitrogens with zero attached hydrogens (tertiary/aromatic N) is 1. The van der Waals surface area contributed by atoms with Crippen LogP contribution in [0.15, 0.2) is 41.6 Å². The van der Waals surface area contributed by atoms with E-state index in [0.717, 1.165) is 16.0 Å². The second kappa shape index (κ2) is 4.37. The molecule has 0 aromatic heterocycles. The summed E-state index contributed by atoms with van der Waals surface area (Å²) in [5.41, 5.74) is 2.08. The van der Waals surface area contributed by atoms with E-state index in [1.54, 1.807) is 0 Å². The molecular weight excluding hydrogens is 228 g/mol. The summed E-state index contributed by atoms with van der Waals surface area (Å²) in [5, 5.41) is 2.39. The van der Waals surface area contributed by atoms with Crippen molar-refractivity contribution in [3.8, 4) is 0 Å². The van der Waals surface area contributed by atoms with Gasteiger partial charge in [-0.05, 0) is 5.56 Å². The summed E-state index contributed by atoms with van der Waals surface area (Å²) in [6.07, 6.45) is 0. The molecular formula is C11H9ClN2O2. The highest BCUT2D eigenvalue weighted by Crippen LogP contribution is 2.14. The number of hydrogen-bond donors (Lipinski definition) is 1. The number of benzene rings is 1. The quantitative estimate of drug-likeness (QED) is 0.629. The normalized spacial score (nSPS) is 18.1. The van der Waals surface area contributed by atoms with Crippen molar-refractivity contribution in [2.45, 2.75) is 6.54 Å². The lowest BCUT2D eigenvalue weighted by molar-refractivity contribution is -0.123. The van der Waals surface area contributed by atoms with Crippen LogP contribution in [0, 0.1) is 0 Å². The summed E-state index contributed by atoms with van der Waals surface area (Å²) in [5.74, 6) is -0.399. The molecule has 4 nitrogen and oxygen atoms in total. The summed E-state index contributed by atoms with van der Waals surface area (Å²) >= 11 is 5.41. The van der Waals surface area contributed by atoms with Crippen LogP contribution in [0.2, 0.25) is 0 Å². The van der Waals surface area contributed by atoms with Gasteiger partial charge in [-0.15, -0.1) is 0 Å². The minimum Gasteiger partial charge on any atom is -0.302 e. The number of rotatable bonds is 2. The molecule has 16 heavy (non-hydrogen) atoms. The smallest absolute Gasteiger partial charge is 0.302 e. The number of carbonyl (C=O) groups excluding carboxylic acids is 2. The molecule has 0 saturated carbocycles. The van der Waals surface area contributed by atoms with Crippen molar-refractivity contribution >= 4 is 23.5 Å². The first-order chi connectivity index (χ1) is 7.72. The fourth-order valence-electron chi connectivity index (χ4n) is 1.46. The van der Waals surface area contributed by atoms with Crippen molar-refractivity contribution in [2.24, 2.45) is 0 Å². The van der Waals surface area contributed by atoms with Crippen LogP contribution in [0.25, 0.3) is 0 Å². The van der Waals surface area contributed by atoms with Crippen molar-refractivity contribution in [2.75, 3.05) is 0 Å². The third-order valence-electron chi connectivity index (χ3n) is 2.25. The van der Waals surface area contributed by atoms with Crippen molar-refractivity contribution in [3.63, 3.8) is 0 Å². The molecule has 1 heterocycles. The first-order valence-electron chi connectivity index (χ1n) is 4.69. The monoisotopic (exact) mass is 236 g/mol. The number of halogens is 1. The second-order valence-electron chi connectivity index (χ2n) is 3.33. The maximum Gasteiger partial charge on any atom is 0.329 e. The van der Waals surface area contributed by atoms with Gasteiger partial charge in [0.1, 0.15) is 5.70 Å². The molecule has 1 fully saturated rings. The number of carbonyl (C=O) groups is 2. The van der Waals surface area contributed by atoms with Crippen molar-refractivity contribution in [1.29, 1.82) is 0 Å². The molecule has 2 rings (SSSR count). The molecule has 3 amide bonds. The van der Waals surface area contributed by atoms with E-state index in [-0.39, 0.29) is 12.2 Å². The van der Waals surface area contributed by atoms with Crippen LogP contribution in [-0.2, 0) is 11.3 Å². The molecule has 1 N–H and O–H groups in total. The van der Waals surface area contributed by atoms with Gasteiger partial charge in [0.25, 0.3) is 5.91 Å². The molecule has 1 saturated heterocycles. The van der Waals surface area contributed by atoms with E-state index in [1.165, 1.54) is 0 Å². The van der Waals surface area contributed by atoms with E-state index in [9.17, 15) is 9.59 Å². The van der Waals surface area contributed by atoms with Crippen LogP contribution in [0.4, 0.5) is 4.79 Å². The van der Waals surface area contributed by atoms with Crippen LogP contribution in [-0.4, -0.2) is 16.8 Å². The molecule has 5 heteroatoms. The molecule has 1 aromatic rings. The van der Waals surface area contributed by atoms with Crippen molar-refractivity contribution in [1.82, 2.24) is 10.2 Å². The zero-order valence-electron chi connectivity index (χ0n) is 8.31. The minimum atomic E-state index is -0.444. The standard InChI is InChI=1S/C11H9ClN2O2/c12-6-9-10(15)14(11(16)13-9)7-8-4-2-1-3-5-8/h1-6H,7H2,(H,13,16)/b9-6-. The molecule has 0 atom stereocenters. The van der Waals surface area contributed by atoms with Crippen molar-refractivity contribution in [3.05, 3.63) is 47.1 Å². The van der Waals surface area contributed by atoms with Gasteiger partial charge in [0.05, 0.1) is 6.54 Å². The summed E-state index contributed by atoms with van der Waals surface area (Å²) in [4.78, 5) is 24.2. The Morgan fingerprint density at radius 1 is 1.25 bits per heavy atom. The first-order valence-corrected chi connectivity index (χ1v) is 5.13. The number of nitrogens with one attached hydrogen (secondary N) is 1. The Hall–Kier alpha value is -1.81. The average Bonchev–Trinajstić information content (AvgIpc) is 2.58. The molecule has 1 aliphatic rings. The number of imide groups is 1. The Morgan fingerprint density at radius 2 is 1.94 bits per heavy atom. The van der Waals surface area contributed by atoms with E-state index in [1.807, 2.05) is 30.3 Å². The number of hydrogen-bond acceptors (Lipinski definition) is 2. The van der Waals surface area contributed by atoms with Gasteiger partial charge >= 0.3 is 6.03 Å². The van der Waals surface area contributed by atoms with E-state index in [2.05, 4.69) is 5.32 Å². The van der Waals surface area contributed by atoms with Gasteiger partial charge in [-0.25, -0.2) is 4.79 Å². The molecule has 0 unspecified atom stereocenters. The lowest BCUT2D eigenvalue weighted by Crippen LogP contribution is -2.30. The van der Waals surface area contributed by atoms with Crippen LogP contribution in [0.3, 0.4) is 0 Å². The summed E-state index contributed by atoms with van der Waals surface area (Å²) < 4.78 is 0. The third kappa shape index (κ3) is 1.92. The summed E-state index contributed by atoms with van der Waals surface area (Å²) in [6, 6.07) is 8.84. The lowest BCUT2D eigenvalue weighted by atomic mass is 10.2. The van der Waals surface area contributed by atoms with Crippen LogP contribution in [0.1, 0.15) is 5.56 Å². The van der Waals surface area contributed by atoms with Crippen molar-refractivity contribution < 1.29 is 9.59 Å². The van der Waals surface area contributed by atoms with Gasteiger partial charge in [-0.1, -0.05) is 41.9 Å². The largest absolute Gasteiger partial charge is 0.329 e. The predicted octanol–water partition coefficient (Wildman–Crippen LogP) is 1.82. The van der Waals surface area contributed by atoms with E-state index >= 15 is 0 Å². The van der Waals surface area contributed by atoms with Crippen LogP contribution in [0.5, 0.6) is 0 Å². The van der Waals surface area contributed by atoms with Gasteiger partial charge in [-0.2, -0.15) is 0 Å². The third-order valence-corrected chi connectivity index (χ3v) is 2.47. The highest BCUT2D eigenvalue weighted by Gasteiger charge is 2.33. The van der Waals surface area contributed by atoms with E-state index in [4.69, 9.17) is 11.6 Å². The highest BCUT2D eigenvalue weighted by molar-refractivity contribution is 6.29. The maximum absolute atomic E-state index is 11.6. The average molecular weight is 237 g/mol. The topological polar surface area (TPSA) is 49.4 Å². The summed E-state index contributed by atoms with van der Waals surface area (Å²) in [7, 11) is 0. The Labute approximate surface area is 97.5 Å². The number of urea groups is 1. The molecule has 1 aliphatic heterocycles. The van der Waals surface area contributed by atoms with Gasteiger partial charge < -0.3 is 5.32 Å². The van der Waals surface area contributed by atoms with Gasteiger partial charge in [0.2, 0.25) is 0 Å². The Balaban J connectivity index is 2.17. The van der Waals surface area contributed by atoms with Gasteiger partial charge in [0.15, 0.2) is 0 Å². The predicted molar refractivity (Wildman–Crippen MR) is 59.5 cm³/mol. The lowest BCUT2D eigenvalue weighted by Gasteiger charge is -2.11. The molecule has 0 aliphatic carbocycles. The fourth-order valence-corrected chi connectivity index (χ4v) is 1.61. The van der Waals surface area contributed by atoms with Crippen LogP contribution < -0.4 is 5.32 Å². The molecule has 82 valence electrons. The molecule has 1 aromatic carbocycles. The van der Waals surface area contributed by atoms with Crippen LogP contribution >= 0.6 is 11.6 Å². The Bertz CT molecular complexity index is 456. The van der Waals surface area contributed by atoms with Gasteiger partial charge in [-0.3, -0.25) is 9.69 Å². The maximum atomic E-state index is 11.6. The first kappa shape index (κ1) is 10.7. The highest BCUT2D eigenvalue weighted by atomic mass is 35.5. The molecule has 0 radical (unpaired) electrons. The Kier molecular flexibility index (Phi) is 2.92. The van der Waals surface area contributed by atoms with E-state index in [0.29, 0.717) is 0 Å². The van der Waals surface area contributed by atoms with E-state index < -0.39 is 11.9 Å². The fraction of sp³-hybridized carbons (Fsp3) is 0.0909. The minimum absolute atomic E-state index is 0.114. The number of amides is 3.